The molecule has 0 aliphatic carbocycles. The Morgan fingerprint density at radius 2 is 2.11 bits per heavy atom. The third kappa shape index (κ3) is 3.12. The Hall–Kier alpha value is -2.25. The van der Waals surface area contributed by atoms with Gasteiger partial charge in [0, 0.05) is 26.6 Å². The maximum Gasteiger partial charge on any atom is 0.329 e. The van der Waals surface area contributed by atoms with Gasteiger partial charge in [0.1, 0.15) is 11.5 Å². The quantitative estimate of drug-likeness (QED) is 0.515. The fraction of sp³-hybridized carbons (Fsp3) is 0.500. The second-order valence-corrected chi connectivity index (χ2v) is 3.71. The molecule has 0 aromatic carbocycles. The summed E-state index contributed by atoms with van der Waals surface area (Å²) in [7, 11) is 1.45. The first-order valence-corrected chi connectivity index (χ1v) is 5.56. The molecule has 1 aromatic rings. The topological polar surface area (TPSA) is 122 Å². The molecule has 0 bridgehead atoms. The molecule has 8 heteroatoms. The number of carbonyl (C=O) groups excluding carboxylic acids is 1. The summed E-state index contributed by atoms with van der Waals surface area (Å²) >= 11 is 0. The van der Waals surface area contributed by atoms with E-state index in [-0.39, 0.29) is 30.4 Å². The average molecular weight is 255 g/mol. The lowest BCUT2D eigenvalue weighted by atomic mass is 10.3. The smallest absolute Gasteiger partial charge is 0.329 e. The van der Waals surface area contributed by atoms with Crippen molar-refractivity contribution in [1.29, 1.82) is 0 Å². The SMILES string of the molecule is CCNC(=O)CCNc1c(N)n(C)c(=O)[nH]c1=O. The number of nitrogens with two attached hydrogens (primary N) is 1. The van der Waals surface area contributed by atoms with Crippen LogP contribution in [0.1, 0.15) is 13.3 Å². The Morgan fingerprint density at radius 1 is 1.44 bits per heavy atom. The molecule has 100 valence electrons. The molecule has 18 heavy (non-hydrogen) atoms. The highest BCUT2D eigenvalue weighted by Crippen LogP contribution is 2.07. The van der Waals surface area contributed by atoms with E-state index in [1.807, 2.05) is 6.92 Å². The minimum absolute atomic E-state index is 0.0413. The second kappa shape index (κ2) is 5.89. The first-order valence-electron chi connectivity index (χ1n) is 5.56. The Morgan fingerprint density at radius 3 is 2.72 bits per heavy atom. The van der Waals surface area contributed by atoms with E-state index in [0.717, 1.165) is 4.57 Å². The van der Waals surface area contributed by atoms with Crippen LogP contribution in [0.4, 0.5) is 11.5 Å². The Bertz CT molecular complexity index is 545. The molecule has 0 radical (unpaired) electrons. The summed E-state index contributed by atoms with van der Waals surface area (Å²) in [6.45, 7) is 2.64. The van der Waals surface area contributed by atoms with Crippen LogP contribution in [-0.2, 0) is 11.8 Å². The van der Waals surface area contributed by atoms with Crippen LogP contribution >= 0.6 is 0 Å². The third-order valence-electron chi connectivity index (χ3n) is 2.40. The molecule has 1 rings (SSSR count). The van der Waals surface area contributed by atoms with Gasteiger partial charge in [-0.1, -0.05) is 0 Å². The molecule has 1 amide bonds. The molecule has 5 N–H and O–H groups in total. The normalized spacial score (nSPS) is 10.1. The number of nitrogens with one attached hydrogen (secondary N) is 3. The molecular formula is C10H17N5O3. The van der Waals surface area contributed by atoms with E-state index in [2.05, 4.69) is 15.6 Å². The highest BCUT2D eigenvalue weighted by atomic mass is 16.2. The van der Waals surface area contributed by atoms with Crippen molar-refractivity contribution >= 4 is 17.4 Å². The minimum atomic E-state index is -0.591. The first kappa shape index (κ1) is 13.8. The summed E-state index contributed by atoms with van der Waals surface area (Å²) in [6.07, 6.45) is 0.218. The van der Waals surface area contributed by atoms with Crippen LogP contribution in [0, 0.1) is 0 Å². The van der Waals surface area contributed by atoms with E-state index in [1.54, 1.807) is 0 Å². The number of nitrogen functional groups attached to an aromatic ring is 1. The van der Waals surface area contributed by atoms with Gasteiger partial charge in [-0.2, -0.15) is 0 Å². The van der Waals surface area contributed by atoms with E-state index in [9.17, 15) is 14.4 Å². The zero-order chi connectivity index (χ0) is 13.7. The molecule has 0 aliphatic rings. The fourth-order valence-electron chi connectivity index (χ4n) is 1.39. The maximum absolute atomic E-state index is 11.5. The lowest BCUT2D eigenvalue weighted by Crippen LogP contribution is -2.33. The Labute approximate surface area is 103 Å². The van der Waals surface area contributed by atoms with Gasteiger partial charge < -0.3 is 16.4 Å². The van der Waals surface area contributed by atoms with Crippen molar-refractivity contribution in [3.05, 3.63) is 20.8 Å². The fourth-order valence-corrected chi connectivity index (χ4v) is 1.39. The van der Waals surface area contributed by atoms with Crippen LogP contribution in [0.15, 0.2) is 9.59 Å². The number of hydrogen-bond acceptors (Lipinski definition) is 5. The van der Waals surface area contributed by atoms with Gasteiger partial charge >= 0.3 is 5.69 Å². The number of aromatic amines is 1. The van der Waals surface area contributed by atoms with Gasteiger partial charge in [0.15, 0.2) is 0 Å². The van der Waals surface area contributed by atoms with Crippen LogP contribution in [0.2, 0.25) is 0 Å². The van der Waals surface area contributed by atoms with Crippen molar-refractivity contribution in [3.8, 4) is 0 Å². The number of H-pyrrole nitrogens is 1. The predicted octanol–water partition coefficient (Wildman–Crippen LogP) is -1.41. The summed E-state index contributed by atoms with van der Waals surface area (Å²) in [5.41, 5.74) is 4.57. The molecule has 0 fully saturated rings. The van der Waals surface area contributed by atoms with Gasteiger partial charge in [-0.25, -0.2) is 4.79 Å². The van der Waals surface area contributed by atoms with Crippen LogP contribution in [0.25, 0.3) is 0 Å². The van der Waals surface area contributed by atoms with Crippen molar-refractivity contribution in [2.45, 2.75) is 13.3 Å². The molecule has 0 atom stereocenters. The molecule has 0 saturated heterocycles. The molecule has 0 unspecified atom stereocenters. The second-order valence-electron chi connectivity index (χ2n) is 3.71. The lowest BCUT2D eigenvalue weighted by molar-refractivity contribution is -0.120. The number of rotatable bonds is 5. The van der Waals surface area contributed by atoms with E-state index in [4.69, 9.17) is 5.73 Å². The standard InChI is InChI=1S/C10H17N5O3/c1-3-12-6(16)4-5-13-7-8(11)15(2)10(18)14-9(7)17/h13H,3-5,11H2,1-2H3,(H,12,16)(H,14,17,18). The van der Waals surface area contributed by atoms with Crippen LogP contribution in [0.5, 0.6) is 0 Å². The van der Waals surface area contributed by atoms with Crippen molar-refractivity contribution < 1.29 is 4.79 Å². The summed E-state index contributed by atoms with van der Waals surface area (Å²) in [6, 6.07) is 0. The summed E-state index contributed by atoms with van der Waals surface area (Å²) < 4.78 is 1.12. The largest absolute Gasteiger partial charge is 0.383 e. The number of hydrogen-bond donors (Lipinski definition) is 4. The summed E-state index contributed by atoms with van der Waals surface area (Å²) in [5.74, 6) is -0.0792. The molecular weight excluding hydrogens is 238 g/mol. The molecule has 1 aromatic heterocycles. The Balaban J connectivity index is 2.75. The third-order valence-corrected chi connectivity index (χ3v) is 2.40. The molecule has 0 spiro atoms. The molecule has 8 nitrogen and oxygen atoms in total. The zero-order valence-corrected chi connectivity index (χ0v) is 10.4. The Kier molecular flexibility index (Phi) is 4.52. The van der Waals surface area contributed by atoms with Gasteiger partial charge in [-0.15, -0.1) is 0 Å². The maximum atomic E-state index is 11.5. The highest BCUT2D eigenvalue weighted by molar-refractivity contribution is 5.76. The summed E-state index contributed by atoms with van der Waals surface area (Å²) in [4.78, 5) is 36.0. The van der Waals surface area contributed by atoms with Crippen molar-refractivity contribution in [3.63, 3.8) is 0 Å². The monoisotopic (exact) mass is 255 g/mol. The van der Waals surface area contributed by atoms with Gasteiger partial charge in [0.25, 0.3) is 5.56 Å². The number of amides is 1. The predicted molar refractivity (Wildman–Crippen MR) is 68.5 cm³/mol. The molecule has 0 saturated carbocycles. The first-order chi connectivity index (χ1) is 8.47. The van der Waals surface area contributed by atoms with Crippen LogP contribution in [-0.4, -0.2) is 28.5 Å². The van der Waals surface area contributed by atoms with Crippen molar-refractivity contribution in [1.82, 2.24) is 14.9 Å². The van der Waals surface area contributed by atoms with Crippen LogP contribution in [0.3, 0.4) is 0 Å². The zero-order valence-electron chi connectivity index (χ0n) is 10.4. The van der Waals surface area contributed by atoms with Crippen LogP contribution < -0.4 is 27.6 Å². The number of carbonyl (C=O) groups is 1. The average Bonchev–Trinajstić information content (AvgIpc) is 2.31. The van der Waals surface area contributed by atoms with E-state index in [1.165, 1.54) is 7.05 Å². The van der Waals surface area contributed by atoms with Gasteiger partial charge in [-0.3, -0.25) is 19.1 Å². The summed E-state index contributed by atoms with van der Waals surface area (Å²) in [5, 5.41) is 5.38. The highest BCUT2D eigenvalue weighted by Gasteiger charge is 2.09. The van der Waals surface area contributed by atoms with Gasteiger partial charge in [0.05, 0.1) is 0 Å². The molecule has 1 heterocycles. The van der Waals surface area contributed by atoms with Gasteiger partial charge in [0.2, 0.25) is 5.91 Å². The van der Waals surface area contributed by atoms with Crippen molar-refractivity contribution in [2.75, 3.05) is 24.1 Å². The minimum Gasteiger partial charge on any atom is -0.383 e. The van der Waals surface area contributed by atoms with E-state index < -0.39 is 11.2 Å². The van der Waals surface area contributed by atoms with Crippen molar-refractivity contribution in [2.24, 2.45) is 7.05 Å². The van der Waals surface area contributed by atoms with Gasteiger partial charge in [-0.05, 0) is 6.92 Å². The number of aromatic nitrogens is 2. The molecule has 0 aliphatic heterocycles. The number of nitrogens with zero attached hydrogens (tertiary/aromatic N) is 1. The number of anilines is 2. The van der Waals surface area contributed by atoms with E-state index >= 15 is 0 Å². The lowest BCUT2D eigenvalue weighted by Gasteiger charge is -2.10. The van der Waals surface area contributed by atoms with E-state index in [0.29, 0.717) is 6.54 Å².